The summed E-state index contributed by atoms with van der Waals surface area (Å²) in [4.78, 5) is 23.4. The first-order chi connectivity index (χ1) is 14.1. The first-order valence-electron chi connectivity index (χ1n) is 12.3. The van der Waals surface area contributed by atoms with Crippen molar-refractivity contribution in [3.63, 3.8) is 0 Å². The van der Waals surface area contributed by atoms with Crippen molar-refractivity contribution in [2.24, 2.45) is 11.5 Å². The molecule has 0 saturated carbocycles. The molecule has 0 heterocycles. The van der Waals surface area contributed by atoms with E-state index < -0.39 is 18.0 Å². The van der Waals surface area contributed by atoms with Crippen LogP contribution in [0.3, 0.4) is 0 Å². The number of carbonyl (C=O) groups is 2. The number of ether oxygens (including phenoxy) is 1. The zero-order valence-corrected chi connectivity index (χ0v) is 22.1. The Morgan fingerprint density at radius 3 is 1.57 bits per heavy atom. The number of unbranched alkanes of at least 4 members (excludes halogenated alkanes) is 15. The summed E-state index contributed by atoms with van der Waals surface area (Å²) < 4.78 is 4.83. The second-order valence-electron chi connectivity index (χ2n) is 8.38. The summed E-state index contributed by atoms with van der Waals surface area (Å²) in [6.07, 6.45) is 21.7. The van der Waals surface area contributed by atoms with Crippen LogP contribution in [0, 0.1) is 0 Å². The third-order valence-corrected chi connectivity index (χ3v) is 5.47. The van der Waals surface area contributed by atoms with Gasteiger partial charge in [-0.05, 0) is 25.8 Å². The summed E-state index contributed by atoms with van der Waals surface area (Å²) >= 11 is 0. The Bertz CT molecular complexity index is 395. The van der Waals surface area contributed by atoms with E-state index in [2.05, 4.69) is 6.92 Å². The Morgan fingerprint density at radius 2 is 1.13 bits per heavy atom. The quantitative estimate of drug-likeness (QED) is 0.109. The smallest absolute Gasteiger partial charge is 0.330 e. The molecule has 0 aromatic carbocycles. The molecule has 4 N–H and O–H groups in total. The fourth-order valence-electron chi connectivity index (χ4n) is 3.51. The minimum absolute atomic E-state index is 0. The molecule has 0 saturated heterocycles. The van der Waals surface area contributed by atoms with Crippen molar-refractivity contribution in [3.05, 3.63) is 0 Å². The third-order valence-electron chi connectivity index (χ3n) is 5.47. The number of nitrogens with two attached hydrogens (primary N) is 2. The monoisotopic (exact) mass is 435 g/mol. The third kappa shape index (κ3) is 22.7. The zero-order chi connectivity index (χ0) is 21.6. The van der Waals surface area contributed by atoms with E-state index >= 15 is 0 Å². The Balaban J connectivity index is 0. The Kier molecular flexibility index (Phi) is 27.2. The van der Waals surface area contributed by atoms with Crippen LogP contribution in [0.4, 0.5) is 0 Å². The van der Waals surface area contributed by atoms with Gasteiger partial charge in [-0.25, -0.2) is 4.79 Å². The van der Waals surface area contributed by atoms with Gasteiger partial charge in [0.2, 0.25) is 0 Å². The van der Waals surface area contributed by atoms with Gasteiger partial charge in [-0.1, -0.05) is 103 Å². The van der Waals surface area contributed by atoms with Gasteiger partial charge >= 0.3 is 11.9 Å². The molecule has 0 aliphatic heterocycles. The SMILES string of the molecule is CCCCCCCCCCCCCCCCCC(=O)OC(=O)[C@@H](N)CCCCN.[Na]. The summed E-state index contributed by atoms with van der Waals surface area (Å²) in [5.74, 6) is -1.05. The van der Waals surface area contributed by atoms with Crippen LogP contribution in [0.5, 0.6) is 0 Å². The van der Waals surface area contributed by atoms with E-state index in [9.17, 15) is 9.59 Å². The molecule has 0 unspecified atom stereocenters. The predicted octanol–water partition coefficient (Wildman–Crippen LogP) is 5.39. The van der Waals surface area contributed by atoms with E-state index in [0.717, 1.165) is 32.1 Å². The maximum Gasteiger partial charge on any atom is 0.330 e. The van der Waals surface area contributed by atoms with Crippen molar-refractivity contribution in [1.29, 1.82) is 0 Å². The maximum atomic E-state index is 11.7. The van der Waals surface area contributed by atoms with Crippen LogP contribution in [0.1, 0.15) is 129 Å². The molecule has 5 nitrogen and oxygen atoms in total. The maximum absolute atomic E-state index is 11.7. The van der Waals surface area contributed by atoms with Gasteiger partial charge in [0.25, 0.3) is 0 Å². The van der Waals surface area contributed by atoms with E-state index in [4.69, 9.17) is 16.2 Å². The normalized spacial score (nSPS) is 11.7. The van der Waals surface area contributed by atoms with Crippen LogP contribution in [-0.2, 0) is 14.3 Å². The number of rotatable bonds is 21. The molecule has 0 rings (SSSR count). The summed E-state index contributed by atoms with van der Waals surface area (Å²) in [6.45, 7) is 2.85. The molecule has 0 spiro atoms. The van der Waals surface area contributed by atoms with Crippen LogP contribution >= 0.6 is 0 Å². The summed E-state index contributed by atoms with van der Waals surface area (Å²) in [5.41, 5.74) is 11.1. The van der Waals surface area contributed by atoms with Gasteiger partial charge in [-0.15, -0.1) is 0 Å². The number of esters is 2. The molecule has 0 amide bonds. The zero-order valence-electron chi connectivity index (χ0n) is 20.1. The van der Waals surface area contributed by atoms with Crippen molar-refractivity contribution in [2.75, 3.05) is 6.54 Å². The van der Waals surface area contributed by atoms with Crippen LogP contribution in [0.2, 0.25) is 0 Å². The van der Waals surface area contributed by atoms with Gasteiger partial charge in [0.1, 0.15) is 6.04 Å². The van der Waals surface area contributed by atoms with Gasteiger partial charge in [0.05, 0.1) is 0 Å². The first-order valence-corrected chi connectivity index (χ1v) is 12.3. The Morgan fingerprint density at radius 1 is 0.700 bits per heavy atom. The molecule has 0 aromatic rings. The predicted molar refractivity (Wildman–Crippen MR) is 127 cm³/mol. The first kappa shape index (κ1) is 32.2. The molecule has 0 aromatic heterocycles. The van der Waals surface area contributed by atoms with Crippen molar-refractivity contribution >= 4 is 41.5 Å². The van der Waals surface area contributed by atoms with Gasteiger partial charge in [-0.3, -0.25) is 4.79 Å². The topological polar surface area (TPSA) is 95.4 Å². The molecule has 1 atom stereocenters. The molecule has 6 heteroatoms. The van der Waals surface area contributed by atoms with E-state index in [1.807, 2.05) is 0 Å². The number of hydrogen-bond donors (Lipinski definition) is 2. The molecular weight excluding hydrogens is 387 g/mol. The average molecular weight is 436 g/mol. The molecule has 173 valence electrons. The second-order valence-corrected chi connectivity index (χ2v) is 8.38. The van der Waals surface area contributed by atoms with E-state index in [-0.39, 0.29) is 29.6 Å². The Hall–Kier alpha value is 0.0600. The largest absolute Gasteiger partial charge is 0.392 e. The summed E-state index contributed by atoms with van der Waals surface area (Å²) in [6, 6.07) is -0.716. The van der Waals surface area contributed by atoms with Crippen molar-refractivity contribution in [3.8, 4) is 0 Å². The number of hydrogen-bond acceptors (Lipinski definition) is 5. The standard InChI is InChI=1S/C24H48N2O3.Na/c1-2-3-4-5-6-7-8-9-10-11-12-13-14-15-16-20-23(27)29-24(28)22(26)19-17-18-21-25;/h22H,2-21,25-26H2,1H3;/t22-;/m0./s1. The van der Waals surface area contributed by atoms with E-state index in [0.29, 0.717) is 19.4 Å². The van der Waals surface area contributed by atoms with Gasteiger partial charge in [0, 0.05) is 36.0 Å². The second kappa shape index (κ2) is 25.3. The molecular formula is C24H48N2NaO3. The van der Waals surface area contributed by atoms with Gasteiger partial charge in [-0.2, -0.15) is 0 Å². The average Bonchev–Trinajstić information content (AvgIpc) is 2.70. The molecule has 0 aliphatic rings. The van der Waals surface area contributed by atoms with Crippen molar-refractivity contribution in [1.82, 2.24) is 0 Å². The van der Waals surface area contributed by atoms with Crippen LogP contribution < -0.4 is 11.5 Å². The molecule has 0 bridgehead atoms. The van der Waals surface area contributed by atoms with Crippen molar-refractivity contribution < 1.29 is 14.3 Å². The molecule has 0 aliphatic carbocycles. The Labute approximate surface area is 208 Å². The summed E-state index contributed by atoms with van der Waals surface area (Å²) in [7, 11) is 0. The summed E-state index contributed by atoms with van der Waals surface area (Å²) in [5, 5.41) is 0. The molecule has 1 radical (unpaired) electrons. The number of carbonyl (C=O) groups excluding carboxylic acids is 2. The van der Waals surface area contributed by atoms with Gasteiger partial charge in [0.15, 0.2) is 0 Å². The molecule has 30 heavy (non-hydrogen) atoms. The van der Waals surface area contributed by atoms with Crippen LogP contribution in [0.25, 0.3) is 0 Å². The van der Waals surface area contributed by atoms with Crippen LogP contribution in [0.15, 0.2) is 0 Å². The fourth-order valence-corrected chi connectivity index (χ4v) is 3.51. The van der Waals surface area contributed by atoms with E-state index in [1.54, 1.807) is 0 Å². The minimum Gasteiger partial charge on any atom is -0.392 e. The molecule has 0 fully saturated rings. The minimum atomic E-state index is -0.716. The van der Waals surface area contributed by atoms with Crippen LogP contribution in [-0.4, -0.2) is 54.1 Å². The van der Waals surface area contributed by atoms with E-state index in [1.165, 1.54) is 77.0 Å². The fraction of sp³-hybridized carbons (Fsp3) is 0.917. The van der Waals surface area contributed by atoms with Crippen molar-refractivity contribution in [2.45, 2.75) is 135 Å². The van der Waals surface area contributed by atoms with Gasteiger partial charge < -0.3 is 16.2 Å².